The number of carbonyl (C=O) groups excluding carboxylic acids is 1. The van der Waals surface area contributed by atoms with Crippen molar-refractivity contribution in [3.05, 3.63) is 53.1 Å². The number of Topliss-reactive ketones (excluding diaryl/α,β-unsaturated/α-hetero) is 1. The largest absolute Gasteiger partial charge is 0.494 e. The standard InChI is InChI=1S/C21H24O4/c1-5-24-19-13-18(21(23-4)20(14-19)25-6-2)11-10-16-8-7-9-17(12-16)15(3)22/h7-14H,5-6H2,1-4H3. The first-order valence-electron chi connectivity index (χ1n) is 8.35. The Hall–Kier alpha value is -2.75. The number of methoxy groups -OCH3 is 1. The Kier molecular flexibility index (Phi) is 6.63. The zero-order valence-corrected chi connectivity index (χ0v) is 15.2. The van der Waals surface area contributed by atoms with Crippen molar-refractivity contribution in [1.82, 2.24) is 0 Å². The van der Waals surface area contributed by atoms with Crippen molar-refractivity contribution in [3.63, 3.8) is 0 Å². The number of ether oxygens (including phenoxy) is 3. The first-order chi connectivity index (χ1) is 12.1. The summed E-state index contributed by atoms with van der Waals surface area (Å²) in [5.74, 6) is 2.08. The summed E-state index contributed by atoms with van der Waals surface area (Å²) in [5, 5.41) is 0. The van der Waals surface area contributed by atoms with Crippen molar-refractivity contribution in [2.45, 2.75) is 20.8 Å². The smallest absolute Gasteiger partial charge is 0.168 e. The third-order valence-electron chi connectivity index (χ3n) is 3.62. The Morgan fingerprint density at radius 1 is 1.04 bits per heavy atom. The molecule has 2 aromatic rings. The minimum absolute atomic E-state index is 0.0461. The van der Waals surface area contributed by atoms with Crippen LogP contribution >= 0.6 is 0 Å². The molecule has 0 heterocycles. The fraction of sp³-hybridized carbons (Fsp3) is 0.286. The van der Waals surface area contributed by atoms with E-state index in [0.29, 0.717) is 30.3 Å². The summed E-state index contributed by atoms with van der Waals surface area (Å²) in [4.78, 5) is 11.5. The minimum Gasteiger partial charge on any atom is -0.494 e. The molecule has 4 nitrogen and oxygen atoms in total. The maximum absolute atomic E-state index is 11.5. The van der Waals surface area contributed by atoms with Crippen LogP contribution in [0.1, 0.15) is 42.3 Å². The Morgan fingerprint density at radius 3 is 2.44 bits per heavy atom. The number of carbonyl (C=O) groups is 1. The van der Waals surface area contributed by atoms with Crippen molar-refractivity contribution in [2.24, 2.45) is 0 Å². The molecule has 0 aliphatic heterocycles. The van der Waals surface area contributed by atoms with Crippen LogP contribution in [0.3, 0.4) is 0 Å². The maximum atomic E-state index is 11.5. The summed E-state index contributed by atoms with van der Waals surface area (Å²) < 4.78 is 16.8. The van der Waals surface area contributed by atoms with E-state index in [1.807, 2.05) is 62.4 Å². The molecule has 4 heteroatoms. The fourth-order valence-corrected chi connectivity index (χ4v) is 2.50. The second kappa shape index (κ2) is 8.92. The van der Waals surface area contributed by atoms with E-state index in [9.17, 15) is 4.79 Å². The minimum atomic E-state index is 0.0461. The van der Waals surface area contributed by atoms with Gasteiger partial charge in [0, 0.05) is 17.2 Å². The first kappa shape index (κ1) is 18.6. The normalized spacial score (nSPS) is 10.7. The average Bonchev–Trinajstić information content (AvgIpc) is 2.60. The number of benzene rings is 2. The van der Waals surface area contributed by atoms with Gasteiger partial charge in [-0.1, -0.05) is 30.4 Å². The third kappa shape index (κ3) is 4.86. The Morgan fingerprint density at radius 2 is 1.80 bits per heavy atom. The molecule has 0 radical (unpaired) electrons. The van der Waals surface area contributed by atoms with Gasteiger partial charge in [0.1, 0.15) is 5.75 Å². The highest BCUT2D eigenvalue weighted by molar-refractivity contribution is 5.94. The van der Waals surface area contributed by atoms with Crippen molar-refractivity contribution in [3.8, 4) is 17.2 Å². The van der Waals surface area contributed by atoms with Crippen LogP contribution in [0.5, 0.6) is 17.2 Å². The average molecular weight is 340 g/mol. The van der Waals surface area contributed by atoms with E-state index in [1.165, 1.54) is 0 Å². The number of rotatable bonds is 8. The van der Waals surface area contributed by atoms with Crippen LogP contribution in [0, 0.1) is 0 Å². The van der Waals surface area contributed by atoms with Crippen LogP contribution in [0.2, 0.25) is 0 Å². The van der Waals surface area contributed by atoms with Gasteiger partial charge in [-0.25, -0.2) is 0 Å². The molecule has 0 aliphatic carbocycles. The molecular formula is C21H24O4. The molecule has 0 unspecified atom stereocenters. The van der Waals surface area contributed by atoms with Gasteiger partial charge < -0.3 is 14.2 Å². The zero-order valence-electron chi connectivity index (χ0n) is 15.2. The lowest BCUT2D eigenvalue weighted by atomic mass is 10.1. The van der Waals surface area contributed by atoms with E-state index in [-0.39, 0.29) is 5.78 Å². The molecule has 0 aliphatic rings. The van der Waals surface area contributed by atoms with Crippen LogP contribution in [0.4, 0.5) is 0 Å². The van der Waals surface area contributed by atoms with Gasteiger partial charge in [0.2, 0.25) is 0 Å². The third-order valence-corrected chi connectivity index (χ3v) is 3.62. The van der Waals surface area contributed by atoms with Crippen molar-refractivity contribution < 1.29 is 19.0 Å². The van der Waals surface area contributed by atoms with E-state index in [0.717, 1.165) is 16.9 Å². The Balaban J connectivity index is 2.42. The topological polar surface area (TPSA) is 44.8 Å². The van der Waals surface area contributed by atoms with E-state index in [1.54, 1.807) is 14.0 Å². The van der Waals surface area contributed by atoms with Gasteiger partial charge in [-0.15, -0.1) is 0 Å². The molecule has 0 N–H and O–H groups in total. The van der Waals surface area contributed by atoms with Gasteiger partial charge in [-0.05, 0) is 38.5 Å². The van der Waals surface area contributed by atoms with E-state index < -0.39 is 0 Å². The fourth-order valence-electron chi connectivity index (χ4n) is 2.50. The van der Waals surface area contributed by atoms with Crippen molar-refractivity contribution in [2.75, 3.05) is 20.3 Å². The van der Waals surface area contributed by atoms with Crippen molar-refractivity contribution >= 4 is 17.9 Å². The van der Waals surface area contributed by atoms with E-state index >= 15 is 0 Å². The predicted molar refractivity (Wildman–Crippen MR) is 101 cm³/mol. The Labute approximate surface area is 149 Å². The molecular weight excluding hydrogens is 316 g/mol. The summed E-state index contributed by atoms with van der Waals surface area (Å²) in [6.07, 6.45) is 3.87. The molecule has 2 aromatic carbocycles. The van der Waals surface area contributed by atoms with Crippen LogP contribution in [-0.2, 0) is 0 Å². The predicted octanol–water partition coefficient (Wildman–Crippen LogP) is 4.87. The summed E-state index contributed by atoms with van der Waals surface area (Å²) in [6, 6.07) is 11.2. The second-order valence-corrected chi connectivity index (χ2v) is 5.42. The molecule has 132 valence electrons. The van der Waals surface area contributed by atoms with Gasteiger partial charge in [0.25, 0.3) is 0 Å². The maximum Gasteiger partial charge on any atom is 0.168 e. The van der Waals surface area contributed by atoms with Crippen LogP contribution < -0.4 is 14.2 Å². The molecule has 0 saturated heterocycles. The summed E-state index contributed by atoms with van der Waals surface area (Å²) >= 11 is 0. The van der Waals surface area contributed by atoms with Gasteiger partial charge in [0.05, 0.1) is 20.3 Å². The molecule has 0 amide bonds. The highest BCUT2D eigenvalue weighted by atomic mass is 16.5. The quantitative estimate of drug-likeness (QED) is 0.508. The number of hydrogen-bond donors (Lipinski definition) is 0. The second-order valence-electron chi connectivity index (χ2n) is 5.42. The highest BCUT2D eigenvalue weighted by Crippen LogP contribution is 2.37. The van der Waals surface area contributed by atoms with Crippen LogP contribution in [-0.4, -0.2) is 26.1 Å². The monoisotopic (exact) mass is 340 g/mol. The summed E-state index contributed by atoms with van der Waals surface area (Å²) in [5.41, 5.74) is 2.48. The number of ketones is 1. The lowest BCUT2D eigenvalue weighted by Gasteiger charge is -2.14. The summed E-state index contributed by atoms with van der Waals surface area (Å²) in [7, 11) is 1.62. The SMILES string of the molecule is CCOc1cc(C=Cc2cccc(C(C)=O)c2)c(OC)c(OCC)c1. The van der Waals surface area contributed by atoms with Gasteiger partial charge in [-0.2, -0.15) is 0 Å². The molecule has 0 aromatic heterocycles. The molecule has 0 atom stereocenters. The molecule has 2 rings (SSSR count). The van der Waals surface area contributed by atoms with E-state index in [2.05, 4.69) is 0 Å². The van der Waals surface area contributed by atoms with Gasteiger partial charge >= 0.3 is 0 Å². The molecule has 0 fully saturated rings. The Bertz CT molecular complexity index is 762. The highest BCUT2D eigenvalue weighted by Gasteiger charge is 2.12. The lowest BCUT2D eigenvalue weighted by Crippen LogP contribution is -1.99. The van der Waals surface area contributed by atoms with Gasteiger partial charge in [0.15, 0.2) is 17.3 Å². The number of hydrogen-bond acceptors (Lipinski definition) is 4. The molecule has 0 saturated carbocycles. The zero-order chi connectivity index (χ0) is 18.2. The molecule has 25 heavy (non-hydrogen) atoms. The van der Waals surface area contributed by atoms with Crippen LogP contribution in [0.25, 0.3) is 12.2 Å². The molecule has 0 spiro atoms. The lowest BCUT2D eigenvalue weighted by molar-refractivity contribution is 0.101. The van der Waals surface area contributed by atoms with Gasteiger partial charge in [-0.3, -0.25) is 4.79 Å². The summed E-state index contributed by atoms with van der Waals surface area (Å²) in [6.45, 7) is 6.53. The first-order valence-corrected chi connectivity index (χ1v) is 8.35. The van der Waals surface area contributed by atoms with Crippen LogP contribution in [0.15, 0.2) is 36.4 Å². The molecule has 0 bridgehead atoms. The van der Waals surface area contributed by atoms with Crippen molar-refractivity contribution in [1.29, 1.82) is 0 Å². The van der Waals surface area contributed by atoms with E-state index in [4.69, 9.17) is 14.2 Å².